The number of rotatable bonds is 5. The van der Waals surface area contributed by atoms with Crippen LogP contribution >= 0.6 is 35.4 Å². The maximum Gasteiger partial charge on any atom is 0.291 e. The van der Waals surface area contributed by atoms with Crippen LogP contribution in [-0.4, -0.2) is 24.0 Å². The van der Waals surface area contributed by atoms with E-state index >= 15 is 0 Å². The van der Waals surface area contributed by atoms with E-state index in [4.69, 9.17) is 44.6 Å². The van der Waals surface area contributed by atoms with Crippen LogP contribution in [0.1, 0.15) is 20.9 Å². The average Bonchev–Trinajstić information content (AvgIpc) is 3.23. The summed E-state index contributed by atoms with van der Waals surface area (Å²) in [5.74, 6) is -0.419. The van der Waals surface area contributed by atoms with Gasteiger partial charge in [0, 0.05) is 22.3 Å². The summed E-state index contributed by atoms with van der Waals surface area (Å²) in [6.07, 6.45) is 0. The fourth-order valence-electron chi connectivity index (χ4n) is 3.18. The molecule has 34 heavy (non-hydrogen) atoms. The second kappa shape index (κ2) is 10.1. The quantitative estimate of drug-likeness (QED) is 0.278. The fraction of sp³-hybridized carbons (Fsp3) is 0.0417. The van der Waals surface area contributed by atoms with Crippen LogP contribution < -0.4 is 20.7 Å². The zero-order valence-electron chi connectivity index (χ0n) is 17.6. The summed E-state index contributed by atoms with van der Waals surface area (Å²) in [6.45, 7) is 0. The molecule has 4 rings (SSSR count). The van der Waals surface area contributed by atoms with Crippen molar-refractivity contribution in [1.82, 2.24) is 5.32 Å². The summed E-state index contributed by atoms with van der Waals surface area (Å²) < 4.78 is 10.7. The predicted octanol–water partition coefficient (Wildman–Crippen LogP) is 6.13. The first-order valence-corrected chi connectivity index (χ1v) is 11.1. The van der Waals surface area contributed by atoms with Gasteiger partial charge in [-0.15, -0.1) is 0 Å². The molecule has 0 aliphatic carbocycles. The molecule has 0 saturated heterocycles. The summed E-state index contributed by atoms with van der Waals surface area (Å²) in [6, 6.07) is 18.7. The van der Waals surface area contributed by atoms with Gasteiger partial charge >= 0.3 is 0 Å². The van der Waals surface area contributed by atoms with Crippen LogP contribution in [0.4, 0.5) is 11.4 Å². The van der Waals surface area contributed by atoms with Crippen LogP contribution in [0.15, 0.2) is 71.1 Å². The van der Waals surface area contributed by atoms with Crippen molar-refractivity contribution in [3.05, 3.63) is 88.1 Å². The van der Waals surface area contributed by atoms with Crippen LogP contribution in [0.5, 0.6) is 5.75 Å². The van der Waals surface area contributed by atoms with Crippen LogP contribution in [-0.2, 0) is 0 Å². The molecule has 1 aromatic heterocycles. The van der Waals surface area contributed by atoms with E-state index in [1.165, 1.54) is 19.2 Å². The molecule has 2 amide bonds. The van der Waals surface area contributed by atoms with E-state index in [0.29, 0.717) is 17.0 Å². The number of hydrogen-bond acceptors (Lipinski definition) is 5. The van der Waals surface area contributed by atoms with Gasteiger partial charge in [0.15, 0.2) is 16.6 Å². The number of hydrogen-bond donors (Lipinski definition) is 3. The van der Waals surface area contributed by atoms with Gasteiger partial charge in [0.25, 0.3) is 11.8 Å². The predicted molar refractivity (Wildman–Crippen MR) is 137 cm³/mol. The first-order chi connectivity index (χ1) is 16.3. The third-order valence-electron chi connectivity index (χ3n) is 4.72. The zero-order chi connectivity index (χ0) is 24.2. The van der Waals surface area contributed by atoms with Gasteiger partial charge in [-0.1, -0.05) is 47.5 Å². The number of methoxy groups -OCH3 is 1. The molecule has 172 valence electrons. The Kier molecular flexibility index (Phi) is 7.02. The largest absolute Gasteiger partial charge is 0.494 e. The molecule has 3 N–H and O–H groups in total. The van der Waals surface area contributed by atoms with E-state index in [1.54, 1.807) is 36.4 Å². The lowest BCUT2D eigenvalue weighted by molar-refractivity contribution is 0.0975. The number of halogens is 2. The molecule has 0 unspecified atom stereocenters. The molecule has 0 saturated carbocycles. The summed E-state index contributed by atoms with van der Waals surface area (Å²) >= 11 is 17.4. The SMILES string of the molecule is COc1c(Cl)cc(C(=O)NC(=S)Nc2cccc(NC(=O)c3cc4ccccc4o3)c2)cc1Cl. The molecule has 1 heterocycles. The number of benzene rings is 3. The Morgan fingerprint density at radius 3 is 2.24 bits per heavy atom. The van der Waals surface area contributed by atoms with Crippen molar-refractivity contribution in [3.63, 3.8) is 0 Å². The topological polar surface area (TPSA) is 92.6 Å². The highest BCUT2D eigenvalue weighted by atomic mass is 35.5. The van der Waals surface area contributed by atoms with E-state index in [9.17, 15) is 9.59 Å². The third-order valence-corrected chi connectivity index (χ3v) is 5.48. The maximum atomic E-state index is 12.6. The molecule has 4 aromatic rings. The van der Waals surface area contributed by atoms with Crippen LogP contribution in [0, 0.1) is 0 Å². The van der Waals surface area contributed by atoms with Crippen LogP contribution in [0.3, 0.4) is 0 Å². The van der Waals surface area contributed by atoms with Gasteiger partial charge in [0.2, 0.25) is 0 Å². The summed E-state index contributed by atoms with van der Waals surface area (Å²) in [5.41, 5.74) is 1.91. The van der Waals surface area contributed by atoms with Crippen LogP contribution in [0.25, 0.3) is 11.0 Å². The number of carbonyl (C=O) groups is 2. The highest BCUT2D eigenvalue weighted by Crippen LogP contribution is 2.33. The number of para-hydroxylation sites is 1. The van der Waals surface area contributed by atoms with Crippen molar-refractivity contribution in [2.45, 2.75) is 0 Å². The lowest BCUT2D eigenvalue weighted by Crippen LogP contribution is -2.34. The standard InChI is InChI=1S/C24H17Cl2N3O4S/c1-32-21-17(25)9-14(10-18(21)26)22(30)29-24(34)28-16-7-4-6-15(12-16)27-23(31)20-11-13-5-2-3-8-19(13)33-20/h2-12H,1H3,(H,27,31)(H2,28,29,30,34). The number of anilines is 2. The molecular formula is C24H17Cl2N3O4S. The molecule has 0 radical (unpaired) electrons. The van der Waals surface area contributed by atoms with Gasteiger partial charge < -0.3 is 19.8 Å². The van der Waals surface area contributed by atoms with Crippen molar-refractivity contribution < 1.29 is 18.7 Å². The monoisotopic (exact) mass is 513 g/mol. The molecule has 7 nitrogen and oxygen atoms in total. The lowest BCUT2D eigenvalue weighted by atomic mass is 10.2. The Bertz CT molecular complexity index is 1360. The minimum Gasteiger partial charge on any atom is -0.494 e. The smallest absolute Gasteiger partial charge is 0.291 e. The van der Waals surface area contributed by atoms with Gasteiger partial charge in [0.05, 0.1) is 17.2 Å². The van der Waals surface area contributed by atoms with Gasteiger partial charge in [-0.25, -0.2) is 0 Å². The first kappa shape index (κ1) is 23.6. The zero-order valence-corrected chi connectivity index (χ0v) is 20.0. The lowest BCUT2D eigenvalue weighted by Gasteiger charge is -2.12. The molecule has 0 fully saturated rings. The van der Waals surface area contributed by atoms with Crippen molar-refractivity contribution in [3.8, 4) is 5.75 Å². The molecule has 3 aromatic carbocycles. The average molecular weight is 514 g/mol. The van der Waals surface area contributed by atoms with Crippen molar-refractivity contribution in [2.75, 3.05) is 17.7 Å². The molecular weight excluding hydrogens is 497 g/mol. The highest BCUT2D eigenvalue weighted by Gasteiger charge is 2.15. The molecule has 0 aliphatic heterocycles. The van der Waals surface area contributed by atoms with Gasteiger partial charge in [-0.05, 0) is 54.7 Å². The fourth-order valence-corrected chi connectivity index (χ4v) is 4.04. The Hall–Kier alpha value is -3.59. The molecule has 0 bridgehead atoms. The molecule has 0 spiro atoms. The number of ether oxygens (including phenoxy) is 1. The highest BCUT2D eigenvalue weighted by molar-refractivity contribution is 7.80. The Labute approximate surface area is 210 Å². The third kappa shape index (κ3) is 5.31. The summed E-state index contributed by atoms with van der Waals surface area (Å²) in [5, 5.41) is 9.53. The number of furan rings is 1. The Balaban J connectivity index is 1.40. The van der Waals surface area contributed by atoms with Crippen molar-refractivity contribution >= 4 is 74.7 Å². The van der Waals surface area contributed by atoms with E-state index in [1.807, 2.05) is 18.2 Å². The maximum absolute atomic E-state index is 12.6. The van der Waals surface area contributed by atoms with Gasteiger partial charge in [-0.3, -0.25) is 14.9 Å². The molecule has 0 atom stereocenters. The minimum atomic E-state index is -0.502. The minimum absolute atomic E-state index is 0.0498. The Morgan fingerprint density at radius 1 is 0.882 bits per heavy atom. The number of carbonyl (C=O) groups excluding carboxylic acids is 2. The number of nitrogens with one attached hydrogen (secondary N) is 3. The number of thiocarbonyl (C=S) groups is 1. The normalized spacial score (nSPS) is 10.6. The van der Waals surface area contributed by atoms with E-state index in [0.717, 1.165) is 5.39 Å². The van der Waals surface area contributed by atoms with Gasteiger partial charge in [0.1, 0.15) is 5.58 Å². The summed E-state index contributed by atoms with van der Waals surface area (Å²) in [7, 11) is 1.43. The molecule has 10 heteroatoms. The summed E-state index contributed by atoms with van der Waals surface area (Å²) in [4.78, 5) is 25.1. The number of fused-ring (bicyclic) bond motifs is 1. The molecule has 0 aliphatic rings. The van der Waals surface area contributed by atoms with Crippen LogP contribution in [0.2, 0.25) is 10.0 Å². The van der Waals surface area contributed by atoms with Gasteiger partial charge in [-0.2, -0.15) is 0 Å². The number of amides is 2. The second-order valence-corrected chi connectivity index (χ2v) is 8.29. The van der Waals surface area contributed by atoms with Crippen molar-refractivity contribution in [1.29, 1.82) is 0 Å². The first-order valence-electron chi connectivity index (χ1n) is 9.89. The van der Waals surface area contributed by atoms with Crippen molar-refractivity contribution in [2.24, 2.45) is 0 Å². The van der Waals surface area contributed by atoms with E-state index < -0.39 is 11.8 Å². The Morgan fingerprint density at radius 2 is 1.56 bits per heavy atom. The van der Waals surface area contributed by atoms with E-state index in [-0.39, 0.29) is 32.2 Å². The van der Waals surface area contributed by atoms with E-state index in [2.05, 4.69) is 16.0 Å². The second-order valence-electron chi connectivity index (χ2n) is 7.06.